The summed E-state index contributed by atoms with van der Waals surface area (Å²) >= 11 is 0. The Kier molecular flexibility index (Phi) is 8.78. The number of rotatable bonds is 2. The zero-order valence-electron chi connectivity index (χ0n) is 10.2. The average Bonchev–Trinajstić information content (AvgIpc) is 2.43. The highest BCUT2D eigenvalue weighted by molar-refractivity contribution is 5.74. The summed E-state index contributed by atoms with van der Waals surface area (Å²) < 4.78 is 0. The predicted octanol–water partition coefficient (Wildman–Crippen LogP) is 1.85. The summed E-state index contributed by atoms with van der Waals surface area (Å²) in [6.45, 7) is 0. The van der Waals surface area contributed by atoms with Crippen LogP contribution in [-0.2, 0) is 0 Å². The fourth-order valence-electron chi connectivity index (χ4n) is 1.21. The number of hydrogen-bond acceptors (Lipinski definition) is 0. The standard InChI is InChI=1S/2C7H6N2.H2O/c2*8-9-6-7-4-2-1-3-5-7;/h2*1-6H;1H2. The van der Waals surface area contributed by atoms with Crippen LogP contribution in [0.3, 0.4) is 0 Å². The highest BCUT2D eigenvalue weighted by Gasteiger charge is 1.85. The molecule has 2 rings (SSSR count). The fraction of sp³-hybridized carbons (Fsp3) is 0. The summed E-state index contributed by atoms with van der Waals surface area (Å²) in [5.41, 5.74) is 18.0. The second-order valence-electron chi connectivity index (χ2n) is 3.31. The van der Waals surface area contributed by atoms with Gasteiger partial charge in [-0.05, 0) is 24.3 Å². The topological polar surface area (TPSA) is 104 Å². The first-order valence-corrected chi connectivity index (χ1v) is 5.32. The Morgan fingerprint density at radius 3 is 1.21 bits per heavy atom. The largest absolute Gasteiger partial charge is 0.412 e. The molecule has 0 aliphatic rings. The number of hydrogen-bond donors (Lipinski definition) is 0. The molecule has 0 saturated heterocycles. The van der Waals surface area contributed by atoms with Crippen molar-refractivity contribution >= 4 is 12.4 Å². The SMILES string of the molecule is O.[N-]=[N+]=Cc1ccccc1.[N-]=[N+]=Cc1ccccc1. The minimum absolute atomic E-state index is 0. The maximum absolute atomic E-state index is 8.09. The highest BCUT2D eigenvalue weighted by atomic mass is 16.0. The zero-order valence-corrected chi connectivity index (χ0v) is 10.2. The Bertz CT molecular complexity index is 503. The van der Waals surface area contributed by atoms with Crippen molar-refractivity contribution in [3.8, 4) is 0 Å². The molecule has 0 spiro atoms. The maximum atomic E-state index is 8.09. The molecule has 96 valence electrons. The summed E-state index contributed by atoms with van der Waals surface area (Å²) in [6, 6.07) is 18.8. The number of benzene rings is 2. The van der Waals surface area contributed by atoms with Gasteiger partial charge in [-0.3, -0.25) is 0 Å². The molecule has 0 bridgehead atoms. The molecular formula is C14H14N4O. The van der Waals surface area contributed by atoms with Crippen LogP contribution >= 0.6 is 0 Å². The molecule has 19 heavy (non-hydrogen) atoms. The van der Waals surface area contributed by atoms with Gasteiger partial charge in [-0.15, -0.1) is 0 Å². The minimum atomic E-state index is 0. The van der Waals surface area contributed by atoms with Crippen LogP contribution in [0.2, 0.25) is 0 Å². The van der Waals surface area contributed by atoms with Crippen LogP contribution < -0.4 is 0 Å². The van der Waals surface area contributed by atoms with Crippen molar-refractivity contribution in [2.75, 3.05) is 0 Å². The molecule has 2 aromatic rings. The van der Waals surface area contributed by atoms with Crippen molar-refractivity contribution in [3.63, 3.8) is 0 Å². The third-order valence-corrected chi connectivity index (χ3v) is 2.01. The molecule has 2 N–H and O–H groups in total. The van der Waals surface area contributed by atoms with E-state index in [2.05, 4.69) is 9.58 Å². The van der Waals surface area contributed by atoms with Crippen LogP contribution in [0.25, 0.3) is 11.1 Å². The molecule has 0 heterocycles. The van der Waals surface area contributed by atoms with Gasteiger partial charge in [0.1, 0.15) is 0 Å². The van der Waals surface area contributed by atoms with Crippen LogP contribution in [0, 0.1) is 0 Å². The summed E-state index contributed by atoms with van der Waals surface area (Å²) in [5, 5.41) is 0. The van der Waals surface area contributed by atoms with Gasteiger partial charge in [0.2, 0.25) is 0 Å². The van der Waals surface area contributed by atoms with Gasteiger partial charge in [0.15, 0.2) is 0 Å². The van der Waals surface area contributed by atoms with Gasteiger partial charge in [-0.2, -0.15) is 9.58 Å². The van der Waals surface area contributed by atoms with Crippen LogP contribution in [0.4, 0.5) is 0 Å². The quantitative estimate of drug-likeness (QED) is 0.443. The summed E-state index contributed by atoms with van der Waals surface area (Å²) in [4.78, 5) is 5.76. The van der Waals surface area contributed by atoms with Crippen LogP contribution in [0.5, 0.6) is 0 Å². The Morgan fingerprint density at radius 2 is 0.947 bits per heavy atom. The normalized spacial score (nSPS) is 7.58. The molecular weight excluding hydrogens is 240 g/mol. The van der Waals surface area contributed by atoms with Crippen molar-refractivity contribution in [1.29, 1.82) is 0 Å². The lowest BCUT2D eigenvalue weighted by molar-refractivity contribution is 0.00415. The van der Waals surface area contributed by atoms with Gasteiger partial charge in [0, 0.05) is 0 Å². The van der Waals surface area contributed by atoms with Gasteiger partial charge in [-0.25, -0.2) is 0 Å². The molecule has 0 aromatic heterocycles. The van der Waals surface area contributed by atoms with E-state index in [1.54, 1.807) is 0 Å². The van der Waals surface area contributed by atoms with E-state index >= 15 is 0 Å². The fourth-order valence-corrected chi connectivity index (χ4v) is 1.21. The van der Waals surface area contributed by atoms with E-state index in [1.165, 1.54) is 12.4 Å². The molecule has 0 saturated carbocycles. The van der Waals surface area contributed by atoms with Crippen LogP contribution in [0.1, 0.15) is 11.1 Å². The smallest absolute Gasteiger partial charge is 0.287 e. The van der Waals surface area contributed by atoms with E-state index in [-0.39, 0.29) is 5.48 Å². The molecule has 0 fully saturated rings. The summed E-state index contributed by atoms with van der Waals surface area (Å²) in [6.07, 6.45) is 2.78. The monoisotopic (exact) mass is 254 g/mol. The van der Waals surface area contributed by atoms with E-state index in [1.807, 2.05) is 60.7 Å². The molecule has 0 aliphatic carbocycles. The summed E-state index contributed by atoms with van der Waals surface area (Å²) in [7, 11) is 0. The van der Waals surface area contributed by atoms with Crippen molar-refractivity contribution in [1.82, 2.24) is 0 Å². The minimum Gasteiger partial charge on any atom is -0.412 e. The van der Waals surface area contributed by atoms with Crippen molar-refractivity contribution < 1.29 is 15.1 Å². The third kappa shape index (κ3) is 7.15. The van der Waals surface area contributed by atoms with Gasteiger partial charge in [-0.1, -0.05) is 36.4 Å². The van der Waals surface area contributed by atoms with Gasteiger partial charge >= 0.3 is 0 Å². The molecule has 0 atom stereocenters. The Morgan fingerprint density at radius 1 is 0.632 bits per heavy atom. The van der Waals surface area contributed by atoms with Gasteiger partial charge < -0.3 is 16.5 Å². The second-order valence-corrected chi connectivity index (χ2v) is 3.31. The molecule has 5 nitrogen and oxygen atoms in total. The first-order chi connectivity index (χ1) is 8.86. The first kappa shape index (κ1) is 16.2. The molecule has 0 unspecified atom stereocenters. The molecule has 0 amide bonds. The van der Waals surface area contributed by atoms with E-state index in [0.29, 0.717) is 0 Å². The van der Waals surface area contributed by atoms with Gasteiger partial charge in [0.25, 0.3) is 12.4 Å². The lowest BCUT2D eigenvalue weighted by atomic mass is 10.2. The Labute approximate surface area is 111 Å². The van der Waals surface area contributed by atoms with Crippen molar-refractivity contribution in [2.45, 2.75) is 0 Å². The second kappa shape index (κ2) is 10.3. The van der Waals surface area contributed by atoms with E-state index in [9.17, 15) is 0 Å². The zero-order chi connectivity index (χ0) is 13.1. The average molecular weight is 254 g/mol. The molecule has 0 radical (unpaired) electrons. The molecule has 5 heteroatoms. The summed E-state index contributed by atoms with van der Waals surface area (Å²) in [5.74, 6) is 0. The predicted molar refractivity (Wildman–Crippen MR) is 74.1 cm³/mol. The lowest BCUT2D eigenvalue weighted by Crippen LogP contribution is -1.77. The van der Waals surface area contributed by atoms with E-state index < -0.39 is 0 Å². The van der Waals surface area contributed by atoms with Crippen molar-refractivity contribution in [3.05, 3.63) is 82.9 Å². The molecule has 2 aromatic carbocycles. The number of nitrogens with zero attached hydrogens (tertiary/aromatic N) is 4. The highest BCUT2D eigenvalue weighted by Crippen LogP contribution is 1.92. The Hall–Kier alpha value is -2.84. The lowest BCUT2D eigenvalue weighted by Gasteiger charge is -1.79. The Balaban J connectivity index is 0.000000324. The van der Waals surface area contributed by atoms with E-state index in [4.69, 9.17) is 11.1 Å². The first-order valence-electron chi connectivity index (χ1n) is 5.32. The van der Waals surface area contributed by atoms with E-state index in [0.717, 1.165) is 11.1 Å². The van der Waals surface area contributed by atoms with Crippen LogP contribution in [-0.4, -0.2) is 27.5 Å². The molecule has 0 aliphatic heterocycles. The maximum Gasteiger partial charge on any atom is 0.287 e. The van der Waals surface area contributed by atoms with Crippen molar-refractivity contribution in [2.24, 2.45) is 0 Å². The van der Waals surface area contributed by atoms with Gasteiger partial charge in [0.05, 0.1) is 11.1 Å². The third-order valence-electron chi connectivity index (χ3n) is 2.01. The van der Waals surface area contributed by atoms with Crippen LogP contribution in [0.15, 0.2) is 60.7 Å².